The number of aryl methyl sites for hydroxylation is 2. The minimum Gasteiger partial charge on any atom is -0.382 e. The molecule has 1 amide bonds. The van der Waals surface area contributed by atoms with Gasteiger partial charge in [-0.1, -0.05) is 42.0 Å². The van der Waals surface area contributed by atoms with E-state index in [0.717, 1.165) is 28.3 Å². The zero-order chi connectivity index (χ0) is 23.4. The van der Waals surface area contributed by atoms with Gasteiger partial charge in [-0.15, -0.1) is 0 Å². The van der Waals surface area contributed by atoms with Crippen LogP contribution in [-0.4, -0.2) is 40.0 Å². The number of carbonyl (C=O) groups excluding carboxylic acids is 1. The number of hydrogen-bond acceptors (Lipinski definition) is 4. The summed E-state index contributed by atoms with van der Waals surface area (Å²) in [6, 6.07) is 14.3. The normalized spacial score (nSPS) is 11.4. The van der Waals surface area contributed by atoms with E-state index in [9.17, 15) is 9.59 Å². The Morgan fingerprint density at radius 3 is 2.76 bits per heavy atom. The molecule has 0 aliphatic rings. The van der Waals surface area contributed by atoms with Crippen LogP contribution < -0.4 is 10.9 Å². The third-order valence-electron chi connectivity index (χ3n) is 5.89. The molecule has 0 unspecified atom stereocenters. The van der Waals surface area contributed by atoms with Crippen LogP contribution in [0.2, 0.25) is 0 Å². The Morgan fingerprint density at radius 1 is 1.12 bits per heavy atom. The molecule has 0 radical (unpaired) electrons. The van der Waals surface area contributed by atoms with Gasteiger partial charge < -0.3 is 14.6 Å². The first-order valence-electron chi connectivity index (χ1n) is 11.4. The molecule has 7 nitrogen and oxygen atoms in total. The summed E-state index contributed by atoms with van der Waals surface area (Å²) in [5.41, 5.74) is 4.79. The molecule has 0 bridgehead atoms. The van der Waals surface area contributed by atoms with Gasteiger partial charge in [0.25, 0.3) is 5.56 Å². The molecule has 33 heavy (non-hydrogen) atoms. The third-order valence-corrected chi connectivity index (χ3v) is 5.89. The van der Waals surface area contributed by atoms with E-state index < -0.39 is 0 Å². The van der Waals surface area contributed by atoms with Crippen LogP contribution in [0, 0.1) is 13.8 Å². The number of para-hydroxylation sites is 1. The predicted octanol–water partition coefficient (Wildman–Crippen LogP) is 3.56. The van der Waals surface area contributed by atoms with Crippen LogP contribution in [0.1, 0.15) is 30.0 Å². The van der Waals surface area contributed by atoms with Crippen LogP contribution in [-0.2, 0) is 22.6 Å². The van der Waals surface area contributed by atoms with Crippen molar-refractivity contribution in [2.75, 3.05) is 19.8 Å². The Kier molecular flexibility index (Phi) is 6.89. The summed E-state index contributed by atoms with van der Waals surface area (Å²) in [6.45, 7) is 8.30. The molecule has 0 saturated carbocycles. The lowest BCUT2D eigenvalue weighted by atomic mass is 10.1. The van der Waals surface area contributed by atoms with Gasteiger partial charge in [-0.05, 0) is 44.4 Å². The van der Waals surface area contributed by atoms with E-state index in [1.807, 2.05) is 35.8 Å². The van der Waals surface area contributed by atoms with E-state index in [1.165, 1.54) is 15.8 Å². The Hall–Kier alpha value is -3.45. The molecule has 4 aromatic rings. The lowest BCUT2D eigenvalue weighted by Crippen LogP contribution is -2.34. The SMILES string of the molecule is CCOCCCNC(=O)Cn1ncc2c3ccccc3n(Cc3cc(C)ccc3C)c2c1=O. The minimum atomic E-state index is -0.265. The van der Waals surface area contributed by atoms with Crippen LogP contribution in [0.4, 0.5) is 0 Å². The second kappa shape index (κ2) is 10.0. The first-order valence-corrected chi connectivity index (χ1v) is 11.4. The highest BCUT2D eigenvalue weighted by molar-refractivity contribution is 6.07. The van der Waals surface area contributed by atoms with Crippen molar-refractivity contribution in [1.29, 1.82) is 0 Å². The molecule has 0 saturated heterocycles. The van der Waals surface area contributed by atoms with Gasteiger partial charge in [0.15, 0.2) is 0 Å². The summed E-state index contributed by atoms with van der Waals surface area (Å²) in [5.74, 6) is -0.238. The molecule has 0 aliphatic carbocycles. The predicted molar refractivity (Wildman–Crippen MR) is 131 cm³/mol. The van der Waals surface area contributed by atoms with Crippen molar-refractivity contribution in [2.24, 2.45) is 0 Å². The van der Waals surface area contributed by atoms with E-state index >= 15 is 0 Å². The van der Waals surface area contributed by atoms with Crippen molar-refractivity contribution in [1.82, 2.24) is 19.7 Å². The number of benzene rings is 2. The van der Waals surface area contributed by atoms with Crippen molar-refractivity contribution in [2.45, 2.75) is 40.3 Å². The summed E-state index contributed by atoms with van der Waals surface area (Å²) in [5, 5.41) is 8.93. The van der Waals surface area contributed by atoms with Crippen LogP contribution in [0.5, 0.6) is 0 Å². The Bertz CT molecular complexity index is 1350. The van der Waals surface area contributed by atoms with Crippen LogP contribution in [0.3, 0.4) is 0 Å². The largest absolute Gasteiger partial charge is 0.382 e. The summed E-state index contributed by atoms with van der Waals surface area (Å²) >= 11 is 0. The van der Waals surface area contributed by atoms with Crippen LogP contribution in [0.15, 0.2) is 53.5 Å². The zero-order valence-corrected chi connectivity index (χ0v) is 19.4. The molecular weight excluding hydrogens is 416 g/mol. The average molecular weight is 447 g/mol. The molecule has 0 aliphatic heterocycles. The standard InChI is InChI=1S/C26H30N4O3/c1-4-33-13-7-12-27-24(31)17-30-26(32)25-22(15-28-30)21-8-5-6-9-23(21)29(25)16-20-14-18(2)10-11-19(20)3/h5-6,8-11,14-15H,4,7,12-13,16-17H2,1-3H3,(H,27,31). The molecule has 4 rings (SSSR count). The van der Waals surface area contributed by atoms with Crippen molar-refractivity contribution >= 4 is 27.7 Å². The summed E-state index contributed by atoms with van der Waals surface area (Å²) in [6.07, 6.45) is 2.42. The van der Waals surface area contributed by atoms with Gasteiger partial charge in [-0.2, -0.15) is 5.10 Å². The highest BCUT2D eigenvalue weighted by atomic mass is 16.5. The van der Waals surface area contributed by atoms with Crippen molar-refractivity contribution < 1.29 is 9.53 Å². The van der Waals surface area contributed by atoms with Gasteiger partial charge in [0.2, 0.25) is 5.91 Å². The smallest absolute Gasteiger partial charge is 0.291 e. The van der Waals surface area contributed by atoms with Gasteiger partial charge in [0.1, 0.15) is 12.1 Å². The molecule has 1 N–H and O–H groups in total. The number of carbonyl (C=O) groups is 1. The van der Waals surface area contributed by atoms with Crippen molar-refractivity contribution in [3.63, 3.8) is 0 Å². The monoisotopic (exact) mass is 446 g/mol. The molecular formula is C26H30N4O3. The van der Waals surface area contributed by atoms with Crippen molar-refractivity contribution in [3.8, 4) is 0 Å². The zero-order valence-electron chi connectivity index (χ0n) is 19.4. The van der Waals surface area contributed by atoms with E-state index in [4.69, 9.17) is 4.74 Å². The van der Waals surface area contributed by atoms with E-state index in [0.29, 0.717) is 31.8 Å². The fourth-order valence-electron chi connectivity index (χ4n) is 4.15. The Balaban J connectivity index is 1.70. The minimum absolute atomic E-state index is 0.117. The first-order chi connectivity index (χ1) is 16.0. The number of aromatic nitrogens is 3. The Labute approximate surface area is 193 Å². The average Bonchev–Trinajstić information content (AvgIpc) is 3.12. The van der Waals surface area contributed by atoms with Gasteiger partial charge in [-0.25, -0.2) is 4.68 Å². The maximum absolute atomic E-state index is 13.5. The van der Waals surface area contributed by atoms with Crippen molar-refractivity contribution in [3.05, 3.63) is 75.7 Å². The molecule has 2 aromatic carbocycles. The second-order valence-corrected chi connectivity index (χ2v) is 8.30. The topological polar surface area (TPSA) is 78.2 Å². The number of ether oxygens (including phenoxy) is 1. The highest BCUT2D eigenvalue weighted by Crippen LogP contribution is 2.27. The fourth-order valence-corrected chi connectivity index (χ4v) is 4.15. The number of fused-ring (bicyclic) bond motifs is 3. The summed E-state index contributed by atoms with van der Waals surface area (Å²) in [4.78, 5) is 25.9. The molecule has 172 valence electrons. The molecule has 0 fully saturated rings. The lowest BCUT2D eigenvalue weighted by Gasteiger charge is -2.12. The number of rotatable bonds is 9. The van der Waals surface area contributed by atoms with Crippen LogP contribution >= 0.6 is 0 Å². The molecule has 2 aromatic heterocycles. The van der Waals surface area contributed by atoms with E-state index in [-0.39, 0.29) is 18.0 Å². The number of amides is 1. The van der Waals surface area contributed by atoms with Gasteiger partial charge in [-0.3, -0.25) is 9.59 Å². The second-order valence-electron chi connectivity index (χ2n) is 8.30. The number of nitrogens with one attached hydrogen (secondary N) is 1. The molecule has 0 atom stereocenters. The molecule has 0 spiro atoms. The molecule has 7 heteroatoms. The van der Waals surface area contributed by atoms with E-state index in [2.05, 4.69) is 42.5 Å². The van der Waals surface area contributed by atoms with Gasteiger partial charge >= 0.3 is 0 Å². The Morgan fingerprint density at radius 2 is 1.94 bits per heavy atom. The maximum atomic E-state index is 13.5. The third kappa shape index (κ3) is 4.83. The highest BCUT2D eigenvalue weighted by Gasteiger charge is 2.17. The fraction of sp³-hybridized carbons (Fsp3) is 0.346. The van der Waals surface area contributed by atoms with Gasteiger partial charge in [0, 0.05) is 42.6 Å². The number of nitrogens with zero attached hydrogens (tertiary/aromatic N) is 3. The summed E-state index contributed by atoms with van der Waals surface area (Å²) in [7, 11) is 0. The van der Waals surface area contributed by atoms with E-state index in [1.54, 1.807) is 6.20 Å². The number of hydrogen-bond donors (Lipinski definition) is 1. The maximum Gasteiger partial charge on any atom is 0.291 e. The first kappa shape index (κ1) is 22.7. The quantitative estimate of drug-likeness (QED) is 0.399. The lowest BCUT2D eigenvalue weighted by molar-refractivity contribution is -0.121. The molecule has 2 heterocycles. The summed E-state index contributed by atoms with van der Waals surface area (Å²) < 4.78 is 8.58. The van der Waals surface area contributed by atoms with Crippen LogP contribution in [0.25, 0.3) is 21.8 Å². The van der Waals surface area contributed by atoms with Gasteiger partial charge in [0.05, 0.1) is 6.20 Å².